The first-order valence-corrected chi connectivity index (χ1v) is 4.28. The van der Waals surface area contributed by atoms with Gasteiger partial charge >= 0.3 is 0 Å². The summed E-state index contributed by atoms with van der Waals surface area (Å²) >= 11 is 0. The van der Waals surface area contributed by atoms with Gasteiger partial charge in [-0.1, -0.05) is 5.16 Å². The molecule has 0 atom stereocenters. The van der Waals surface area contributed by atoms with Gasteiger partial charge in [-0.05, 0) is 25.9 Å². The second-order valence-corrected chi connectivity index (χ2v) is 3.18. The van der Waals surface area contributed by atoms with E-state index in [0.717, 1.165) is 31.6 Å². The molecule has 0 spiro atoms. The first kappa shape index (κ1) is 7.61. The number of rotatable bonds is 1. The van der Waals surface area contributed by atoms with E-state index in [1.807, 2.05) is 0 Å². The van der Waals surface area contributed by atoms with Crippen molar-refractivity contribution in [3.8, 4) is 0 Å². The molecule has 0 amide bonds. The third-order valence-corrected chi connectivity index (χ3v) is 2.35. The van der Waals surface area contributed by atoms with E-state index < -0.39 is 0 Å². The van der Waals surface area contributed by atoms with Crippen molar-refractivity contribution < 1.29 is 4.52 Å². The molecule has 0 saturated carbocycles. The number of nitrogens with zero attached hydrogens (tertiary/aromatic N) is 1. The average molecular weight is 167 g/mol. The SMILES string of the molecule is Nc1conc1C1CCNCC1. The van der Waals surface area contributed by atoms with E-state index in [1.54, 1.807) is 0 Å². The van der Waals surface area contributed by atoms with Gasteiger partial charge in [0.15, 0.2) is 0 Å². The minimum atomic E-state index is 0.491. The van der Waals surface area contributed by atoms with Crippen molar-refractivity contribution in [1.82, 2.24) is 10.5 Å². The summed E-state index contributed by atoms with van der Waals surface area (Å²) in [5.74, 6) is 0.491. The van der Waals surface area contributed by atoms with Crippen LogP contribution in [-0.2, 0) is 0 Å². The Labute approximate surface area is 71.1 Å². The van der Waals surface area contributed by atoms with Crippen LogP contribution in [0.25, 0.3) is 0 Å². The van der Waals surface area contributed by atoms with Crippen LogP contribution in [0.5, 0.6) is 0 Å². The summed E-state index contributed by atoms with van der Waals surface area (Å²) in [6.07, 6.45) is 3.73. The van der Waals surface area contributed by atoms with E-state index >= 15 is 0 Å². The van der Waals surface area contributed by atoms with Crippen molar-refractivity contribution in [3.63, 3.8) is 0 Å². The molecule has 1 saturated heterocycles. The molecule has 0 bridgehead atoms. The van der Waals surface area contributed by atoms with Crippen LogP contribution in [0.2, 0.25) is 0 Å². The maximum Gasteiger partial charge on any atom is 0.147 e. The summed E-state index contributed by atoms with van der Waals surface area (Å²) < 4.78 is 4.80. The van der Waals surface area contributed by atoms with Crippen molar-refractivity contribution in [3.05, 3.63) is 12.0 Å². The van der Waals surface area contributed by atoms with Gasteiger partial charge in [-0.2, -0.15) is 0 Å². The Bertz CT molecular complexity index is 253. The lowest BCUT2D eigenvalue weighted by molar-refractivity contribution is 0.385. The fourth-order valence-corrected chi connectivity index (χ4v) is 1.66. The van der Waals surface area contributed by atoms with Crippen LogP contribution in [-0.4, -0.2) is 18.2 Å². The first-order valence-electron chi connectivity index (χ1n) is 4.28. The molecule has 0 aliphatic carbocycles. The van der Waals surface area contributed by atoms with E-state index in [2.05, 4.69) is 10.5 Å². The van der Waals surface area contributed by atoms with Gasteiger partial charge in [-0.3, -0.25) is 0 Å². The van der Waals surface area contributed by atoms with E-state index in [9.17, 15) is 0 Å². The highest BCUT2D eigenvalue weighted by atomic mass is 16.5. The van der Waals surface area contributed by atoms with Gasteiger partial charge in [0.05, 0.1) is 5.69 Å². The minimum Gasteiger partial charge on any atom is -0.395 e. The zero-order chi connectivity index (χ0) is 8.39. The molecule has 66 valence electrons. The maximum atomic E-state index is 5.69. The lowest BCUT2D eigenvalue weighted by Gasteiger charge is -2.20. The van der Waals surface area contributed by atoms with Crippen molar-refractivity contribution in [2.24, 2.45) is 0 Å². The molecule has 1 aliphatic heterocycles. The summed E-state index contributed by atoms with van der Waals surface area (Å²) in [6.45, 7) is 2.11. The van der Waals surface area contributed by atoms with E-state index in [-0.39, 0.29) is 0 Å². The molecule has 1 aromatic rings. The van der Waals surface area contributed by atoms with Crippen molar-refractivity contribution in [2.75, 3.05) is 18.8 Å². The van der Waals surface area contributed by atoms with Crippen LogP contribution in [0.15, 0.2) is 10.8 Å². The molecule has 4 nitrogen and oxygen atoms in total. The Morgan fingerprint density at radius 2 is 2.25 bits per heavy atom. The molecule has 2 heterocycles. The molecule has 12 heavy (non-hydrogen) atoms. The molecule has 0 aromatic carbocycles. The number of anilines is 1. The van der Waals surface area contributed by atoms with E-state index in [0.29, 0.717) is 11.6 Å². The molecular weight excluding hydrogens is 154 g/mol. The number of nitrogens with two attached hydrogens (primary N) is 1. The predicted octanol–water partition coefficient (Wildman–Crippen LogP) is 0.724. The lowest BCUT2D eigenvalue weighted by atomic mass is 9.94. The fraction of sp³-hybridized carbons (Fsp3) is 0.625. The number of piperidine rings is 1. The van der Waals surface area contributed by atoms with Crippen molar-refractivity contribution in [1.29, 1.82) is 0 Å². The second kappa shape index (κ2) is 3.15. The number of hydrogen-bond acceptors (Lipinski definition) is 4. The maximum absolute atomic E-state index is 5.69. The zero-order valence-electron chi connectivity index (χ0n) is 6.92. The molecule has 0 radical (unpaired) electrons. The highest BCUT2D eigenvalue weighted by molar-refractivity contribution is 5.41. The Hall–Kier alpha value is -1.03. The van der Waals surface area contributed by atoms with E-state index in [1.165, 1.54) is 6.26 Å². The first-order chi connectivity index (χ1) is 5.88. The third-order valence-electron chi connectivity index (χ3n) is 2.35. The van der Waals surface area contributed by atoms with Crippen molar-refractivity contribution >= 4 is 5.69 Å². The molecule has 4 heteroatoms. The summed E-state index contributed by atoms with van der Waals surface area (Å²) in [5.41, 5.74) is 7.33. The Kier molecular flexibility index (Phi) is 1.99. The predicted molar refractivity (Wildman–Crippen MR) is 45.8 cm³/mol. The van der Waals surface area contributed by atoms with Gasteiger partial charge in [0, 0.05) is 5.92 Å². The summed E-state index contributed by atoms with van der Waals surface area (Å²) in [7, 11) is 0. The third kappa shape index (κ3) is 1.30. The summed E-state index contributed by atoms with van der Waals surface area (Å²) in [4.78, 5) is 0. The number of hydrogen-bond donors (Lipinski definition) is 2. The molecular formula is C8H13N3O. The van der Waals surface area contributed by atoms with Crippen LogP contribution >= 0.6 is 0 Å². The van der Waals surface area contributed by atoms with Gasteiger partial charge in [-0.15, -0.1) is 0 Å². The van der Waals surface area contributed by atoms with Crippen LogP contribution in [0.4, 0.5) is 5.69 Å². The smallest absolute Gasteiger partial charge is 0.147 e. The lowest BCUT2D eigenvalue weighted by Crippen LogP contribution is -2.27. The summed E-state index contributed by atoms with van der Waals surface area (Å²) in [6, 6.07) is 0. The minimum absolute atomic E-state index is 0.491. The van der Waals surface area contributed by atoms with Gasteiger partial charge < -0.3 is 15.6 Å². The highest BCUT2D eigenvalue weighted by Gasteiger charge is 2.20. The van der Waals surface area contributed by atoms with Crippen LogP contribution in [0.3, 0.4) is 0 Å². The molecule has 2 rings (SSSR count). The number of nitrogen functional groups attached to an aromatic ring is 1. The fourth-order valence-electron chi connectivity index (χ4n) is 1.66. The summed E-state index contributed by atoms with van der Waals surface area (Å²) in [5, 5.41) is 7.21. The second-order valence-electron chi connectivity index (χ2n) is 3.18. The van der Waals surface area contributed by atoms with Crippen LogP contribution in [0.1, 0.15) is 24.5 Å². The standard InChI is InChI=1S/C8H13N3O/c9-7-5-12-11-8(7)6-1-3-10-4-2-6/h5-6,10H,1-4,9H2. The molecule has 1 aromatic heterocycles. The van der Waals surface area contributed by atoms with Gasteiger partial charge in [-0.25, -0.2) is 0 Å². The number of aromatic nitrogens is 1. The Morgan fingerprint density at radius 1 is 1.50 bits per heavy atom. The molecule has 1 aliphatic rings. The Morgan fingerprint density at radius 3 is 2.83 bits per heavy atom. The van der Waals surface area contributed by atoms with Gasteiger partial charge in [0.1, 0.15) is 12.0 Å². The number of nitrogens with one attached hydrogen (secondary N) is 1. The monoisotopic (exact) mass is 167 g/mol. The normalized spacial score (nSPS) is 19.7. The van der Waals surface area contributed by atoms with Crippen LogP contribution < -0.4 is 11.1 Å². The Balaban J connectivity index is 2.13. The molecule has 0 unspecified atom stereocenters. The van der Waals surface area contributed by atoms with Gasteiger partial charge in [0.2, 0.25) is 0 Å². The van der Waals surface area contributed by atoms with E-state index in [4.69, 9.17) is 10.3 Å². The quantitative estimate of drug-likeness (QED) is 0.647. The highest BCUT2D eigenvalue weighted by Crippen LogP contribution is 2.27. The average Bonchev–Trinajstić information content (AvgIpc) is 2.53. The van der Waals surface area contributed by atoms with Crippen LogP contribution in [0, 0.1) is 0 Å². The molecule has 1 fully saturated rings. The molecule has 3 N–H and O–H groups in total. The topological polar surface area (TPSA) is 64.1 Å². The zero-order valence-corrected chi connectivity index (χ0v) is 6.92. The largest absolute Gasteiger partial charge is 0.395 e. The van der Waals surface area contributed by atoms with Crippen molar-refractivity contribution in [2.45, 2.75) is 18.8 Å². The van der Waals surface area contributed by atoms with Gasteiger partial charge in [0.25, 0.3) is 0 Å².